The molecule has 3 heterocycles. The number of anilines is 1. The van der Waals surface area contributed by atoms with Crippen LogP contribution >= 0.6 is 11.3 Å². The molecule has 0 spiro atoms. The van der Waals surface area contributed by atoms with Gasteiger partial charge in [-0.3, -0.25) is 0 Å². The van der Waals surface area contributed by atoms with Gasteiger partial charge in [0.05, 0.1) is 10.2 Å². The largest absolute Gasteiger partial charge is 0.355 e. The van der Waals surface area contributed by atoms with Crippen molar-refractivity contribution in [2.75, 3.05) is 25.0 Å². The number of thiophene rings is 1. The van der Waals surface area contributed by atoms with E-state index < -0.39 is 0 Å². The second-order valence-electron chi connectivity index (χ2n) is 5.80. The number of likely N-dealkylation sites (tertiary alicyclic amines) is 1. The zero-order valence-electron chi connectivity index (χ0n) is 12.4. The van der Waals surface area contributed by atoms with Gasteiger partial charge in [-0.2, -0.15) is 0 Å². The summed E-state index contributed by atoms with van der Waals surface area (Å²) in [4.78, 5) is 13.8. The molecule has 1 aliphatic heterocycles. The monoisotopic (exact) mass is 290 g/mol. The summed E-state index contributed by atoms with van der Waals surface area (Å²) >= 11 is 1.73. The third-order valence-electron chi connectivity index (χ3n) is 4.34. The second-order valence-corrected chi connectivity index (χ2v) is 6.72. The lowest BCUT2D eigenvalue weighted by molar-refractivity contribution is 0.171. The van der Waals surface area contributed by atoms with Crippen LogP contribution in [0.5, 0.6) is 0 Å². The molecule has 20 heavy (non-hydrogen) atoms. The Morgan fingerprint density at radius 3 is 2.75 bits per heavy atom. The van der Waals surface area contributed by atoms with Crippen molar-refractivity contribution in [3.05, 3.63) is 17.8 Å². The van der Waals surface area contributed by atoms with E-state index in [0.29, 0.717) is 12.1 Å². The first-order chi connectivity index (χ1) is 9.66. The van der Waals surface area contributed by atoms with Crippen molar-refractivity contribution in [2.24, 2.45) is 0 Å². The maximum atomic E-state index is 4.52. The molecule has 0 aromatic carbocycles. The van der Waals surface area contributed by atoms with Crippen molar-refractivity contribution < 1.29 is 0 Å². The van der Waals surface area contributed by atoms with E-state index in [1.165, 1.54) is 30.6 Å². The van der Waals surface area contributed by atoms with Gasteiger partial charge in [0.2, 0.25) is 0 Å². The molecule has 0 amide bonds. The highest BCUT2D eigenvalue weighted by Gasteiger charge is 2.25. The topological polar surface area (TPSA) is 32.3 Å². The van der Waals surface area contributed by atoms with Crippen molar-refractivity contribution in [3.63, 3.8) is 0 Å². The maximum Gasteiger partial charge on any atom is 0.150 e. The van der Waals surface area contributed by atoms with Gasteiger partial charge in [-0.15, -0.1) is 11.3 Å². The van der Waals surface area contributed by atoms with Crippen LogP contribution in [0.2, 0.25) is 0 Å². The number of fused-ring (bicyclic) bond motifs is 1. The van der Waals surface area contributed by atoms with E-state index in [2.05, 4.69) is 52.1 Å². The highest BCUT2D eigenvalue weighted by atomic mass is 32.1. The summed E-state index contributed by atoms with van der Waals surface area (Å²) in [6.07, 6.45) is 4.11. The Balaban J connectivity index is 1.76. The number of nitrogens with zero attached hydrogens (tertiary/aromatic N) is 4. The van der Waals surface area contributed by atoms with Crippen molar-refractivity contribution >= 4 is 27.4 Å². The van der Waals surface area contributed by atoms with Crippen LogP contribution < -0.4 is 4.90 Å². The van der Waals surface area contributed by atoms with Gasteiger partial charge in [-0.1, -0.05) is 0 Å². The normalized spacial score (nSPS) is 18.0. The van der Waals surface area contributed by atoms with Crippen LogP contribution in [-0.2, 0) is 0 Å². The van der Waals surface area contributed by atoms with Gasteiger partial charge in [0.15, 0.2) is 0 Å². The smallest absolute Gasteiger partial charge is 0.150 e. The summed E-state index contributed by atoms with van der Waals surface area (Å²) in [6.45, 7) is 6.93. The fourth-order valence-corrected chi connectivity index (χ4v) is 3.87. The number of aromatic nitrogens is 2. The second kappa shape index (κ2) is 5.66. The highest BCUT2D eigenvalue weighted by molar-refractivity contribution is 7.17. The van der Waals surface area contributed by atoms with Crippen LogP contribution in [0.1, 0.15) is 26.7 Å². The molecule has 0 aliphatic carbocycles. The molecule has 4 nitrogen and oxygen atoms in total. The van der Waals surface area contributed by atoms with Crippen molar-refractivity contribution in [1.82, 2.24) is 14.9 Å². The third-order valence-corrected chi connectivity index (χ3v) is 5.24. The summed E-state index contributed by atoms with van der Waals surface area (Å²) in [7, 11) is 2.18. The van der Waals surface area contributed by atoms with Gasteiger partial charge in [0, 0.05) is 32.2 Å². The van der Waals surface area contributed by atoms with E-state index in [9.17, 15) is 0 Å². The Hall–Kier alpha value is -1.20. The SMILES string of the molecule is CC(C)N1CCC(N(C)c2ncnc3ccsc23)CC1. The van der Waals surface area contributed by atoms with Gasteiger partial charge < -0.3 is 9.80 Å². The van der Waals surface area contributed by atoms with Gasteiger partial charge >= 0.3 is 0 Å². The number of hydrogen-bond donors (Lipinski definition) is 0. The predicted octanol–water partition coefficient (Wildman–Crippen LogP) is 3.00. The van der Waals surface area contributed by atoms with Crippen molar-refractivity contribution in [2.45, 2.75) is 38.8 Å². The minimum Gasteiger partial charge on any atom is -0.355 e. The highest BCUT2D eigenvalue weighted by Crippen LogP contribution is 2.30. The van der Waals surface area contributed by atoms with Crippen LogP contribution in [0, 0.1) is 0 Å². The Morgan fingerprint density at radius 2 is 2.05 bits per heavy atom. The quantitative estimate of drug-likeness (QED) is 0.870. The van der Waals surface area contributed by atoms with E-state index in [1.807, 2.05) is 0 Å². The molecule has 0 bridgehead atoms. The zero-order chi connectivity index (χ0) is 14.1. The van der Waals surface area contributed by atoms with Gasteiger partial charge in [0.25, 0.3) is 0 Å². The van der Waals surface area contributed by atoms with Gasteiger partial charge in [-0.05, 0) is 38.1 Å². The van der Waals surface area contributed by atoms with Gasteiger partial charge in [0.1, 0.15) is 12.1 Å². The number of piperidine rings is 1. The molecule has 0 N–H and O–H groups in total. The molecule has 0 saturated carbocycles. The first-order valence-corrected chi connectivity index (χ1v) is 8.20. The average molecular weight is 290 g/mol. The van der Waals surface area contributed by atoms with Crippen LogP contribution in [-0.4, -0.2) is 47.1 Å². The minimum atomic E-state index is 0.588. The summed E-state index contributed by atoms with van der Waals surface area (Å²) < 4.78 is 1.21. The third kappa shape index (κ3) is 2.52. The van der Waals surface area contributed by atoms with Crippen LogP contribution in [0.4, 0.5) is 5.82 Å². The summed E-state index contributed by atoms with van der Waals surface area (Å²) in [6, 6.07) is 3.31. The first-order valence-electron chi connectivity index (χ1n) is 7.32. The Labute approximate surface area is 124 Å². The Morgan fingerprint density at radius 1 is 1.30 bits per heavy atom. The standard InChI is InChI=1S/C15H22N4S/c1-11(2)19-7-4-12(5-8-19)18(3)15-14-13(6-9-20-14)16-10-17-15/h6,9-12H,4-5,7-8H2,1-3H3. The van der Waals surface area contributed by atoms with Crippen LogP contribution in [0.25, 0.3) is 10.2 Å². The Bertz CT molecular complexity index is 572. The lowest BCUT2D eigenvalue weighted by Gasteiger charge is -2.39. The lowest BCUT2D eigenvalue weighted by Crippen LogP contribution is -2.46. The first kappa shape index (κ1) is 13.8. The molecule has 3 rings (SSSR count). The minimum absolute atomic E-state index is 0.588. The van der Waals surface area contributed by atoms with E-state index >= 15 is 0 Å². The molecule has 2 aromatic rings. The fraction of sp³-hybridized carbons (Fsp3) is 0.600. The van der Waals surface area contributed by atoms with Gasteiger partial charge in [-0.25, -0.2) is 9.97 Å². The summed E-state index contributed by atoms with van der Waals surface area (Å²) in [5.41, 5.74) is 1.06. The predicted molar refractivity (Wildman–Crippen MR) is 85.5 cm³/mol. The van der Waals surface area contributed by atoms with Crippen molar-refractivity contribution in [1.29, 1.82) is 0 Å². The van der Waals surface area contributed by atoms with E-state index in [4.69, 9.17) is 0 Å². The van der Waals surface area contributed by atoms with E-state index in [0.717, 1.165) is 11.3 Å². The maximum absolute atomic E-state index is 4.52. The van der Waals surface area contributed by atoms with Crippen LogP contribution in [0.15, 0.2) is 17.8 Å². The molecule has 1 saturated heterocycles. The molecular formula is C15H22N4S. The summed E-state index contributed by atoms with van der Waals surface area (Å²) in [5, 5.41) is 2.10. The average Bonchev–Trinajstić information content (AvgIpc) is 2.95. The molecule has 5 heteroatoms. The molecule has 0 atom stereocenters. The molecule has 108 valence electrons. The number of rotatable bonds is 3. The van der Waals surface area contributed by atoms with E-state index in [1.54, 1.807) is 17.7 Å². The molecule has 1 aliphatic rings. The summed E-state index contributed by atoms with van der Waals surface area (Å²) in [5.74, 6) is 1.09. The Kier molecular flexibility index (Phi) is 3.89. The van der Waals surface area contributed by atoms with Crippen molar-refractivity contribution in [3.8, 4) is 0 Å². The fourth-order valence-electron chi connectivity index (χ4n) is 2.99. The molecule has 0 unspecified atom stereocenters. The lowest BCUT2D eigenvalue weighted by atomic mass is 10.0. The zero-order valence-corrected chi connectivity index (χ0v) is 13.2. The molecular weight excluding hydrogens is 268 g/mol. The number of hydrogen-bond acceptors (Lipinski definition) is 5. The van der Waals surface area contributed by atoms with E-state index in [-0.39, 0.29) is 0 Å². The molecule has 2 aromatic heterocycles. The van der Waals surface area contributed by atoms with Crippen LogP contribution in [0.3, 0.4) is 0 Å². The molecule has 1 fully saturated rings. The molecule has 0 radical (unpaired) electrons.